The van der Waals surface area contributed by atoms with E-state index in [4.69, 9.17) is 0 Å². The third-order valence-corrected chi connectivity index (χ3v) is 4.40. The molecule has 0 radical (unpaired) electrons. The molecule has 0 saturated carbocycles. The van der Waals surface area contributed by atoms with E-state index in [1.54, 1.807) is 30.9 Å². The Kier molecular flexibility index (Phi) is 5.97. The van der Waals surface area contributed by atoms with Crippen molar-refractivity contribution in [1.82, 2.24) is 10.0 Å². The van der Waals surface area contributed by atoms with Gasteiger partial charge in [0.25, 0.3) is 0 Å². The Morgan fingerprint density at radius 2 is 2.00 bits per heavy atom. The Morgan fingerprint density at radius 3 is 2.65 bits per heavy atom. The molecule has 0 heterocycles. The second-order valence-electron chi connectivity index (χ2n) is 3.53. The van der Waals surface area contributed by atoms with Crippen LogP contribution in [0.4, 0.5) is 0 Å². The number of sulfonamides is 1. The first-order valence-corrected chi connectivity index (χ1v) is 8.20. The van der Waals surface area contributed by atoms with Crippen molar-refractivity contribution < 1.29 is 8.42 Å². The third kappa shape index (κ3) is 4.31. The van der Waals surface area contributed by atoms with Crippen LogP contribution in [0.15, 0.2) is 29.2 Å². The predicted octanol–water partition coefficient (Wildman–Crippen LogP) is 1.05. The molecule has 4 nitrogen and oxygen atoms in total. The van der Waals surface area contributed by atoms with Crippen LogP contribution in [-0.2, 0) is 16.6 Å². The SMILES string of the molecule is CNCc1ccccc1S(=O)(=O)NCCSC. The molecule has 0 aliphatic rings. The lowest BCUT2D eigenvalue weighted by Gasteiger charge is -2.10. The Hall–Kier alpha value is -0.560. The molecule has 0 bridgehead atoms. The normalized spacial score (nSPS) is 11.6. The van der Waals surface area contributed by atoms with Gasteiger partial charge >= 0.3 is 0 Å². The van der Waals surface area contributed by atoms with Gasteiger partial charge in [-0.05, 0) is 24.9 Å². The van der Waals surface area contributed by atoms with Crippen molar-refractivity contribution in [3.8, 4) is 0 Å². The van der Waals surface area contributed by atoms with Gasteiger partial charge in [-0.15, -0.1) is 0 Å². The van der Waals surface area contributed by atoms with Crippen molar-refractivity contribution in [2.45, 2.75) is 11.4 Å². The molecule has 2 N–H and O–H groups in total. The van der Waals surface area contributed by atoms with Crippen LogP contribution in [0.1, 0.15) is 5.56 Å². The van der Waals surface area contributed by atoms with E-state index in [1.165, 1.54) is 0 Å². The van der Waals surface area contributed by atoms with E-state index in [2.05, 4.69) is 10.0 Å². The largest absolute Gasteiger partial charge is 0.316 e. The number of hydrogen-bond acceptors (Lipinski definition) is 4. The fourth-order valence-electron chi connectivity index (χ4n) is 1.46. The molecule has 1 aromatic rings. The van der Waals surface area contributed by atoms with Gasteiger partial charge in [0.05, 0.1) is 4.90 Å². The van der Waals surface area contributed by atoms with Crippen LogP contribution in [0.3, 0.4) is 0 Å². The van der Waals surface area contributed by atoms with Gasteiger partial charge in [-0.25, -0.2) is 13.1 Å². The lowest BCUT2D eigenvalue weighted by molar-refractivity contribution is 0.582. The zero-order chi connectivity index (χ0) is 12.7. The van der Waals surface area contributed by atoms with Crippen LogP contribution in [0.2, 0.25) is 0 Å². The summed E-state index contributed by atoms with van der Waals surface area (Å²) in [5.41, 5.74) is 0.784. The summed E-state index contributed by atoms with van der Waals surface area (Å²) in [7, 11) is -1.59. The molecule has 1 aromatic carbocycles. The van der Waals surface area contributed by atoms with Gasteiger partial charge in [0.15, 0.2) is 0 Å². The minimum absolute atomic E-state index is 0.357. The fourth-order valence-corrected chi connectivity index (χ4v) is 3.16. The maximum Gasteiger partial charge on any atom is 0.240 e. The summed E-state index contributed by atoms with van der Waals surface area (Å²) in [5.74, 6) is 0.771. The standard InChI is InChI=1S/C11H18N2O2S2/c1-12-9-10-5-3-4-6-11(10)17(14,15)13-7-8-16-2/h3-6,12-13H,7-9H2,1-2H3. The van der Waals surface area contributed by atoms with Crippen LogP contribution in [-0.4, -0.2) is 34.0 Å². The van der Waals surface area contributed by atoms with Gasteiger partial charge in [0.1, 0.15) is 0 Å². The molecule has 0 aromatic heterocycles. The first-order valence-electron chi connectivity index (χ1n) is 5.33. The minimum Gasteiger partial charge on any atom is -0.316 e. The first-order chi connectivity index (χ1) is 8.11. The van der Waals surface area contributed by atoms with Crippen LogP contribution in [0.25, 0.3) is 0 Å². The topological polar surface area (TPSA) is 58.2 Å². The Labute approximate surface area is 107 Å². The van der Waals surface area contributed by atoms with Crippen molar-refractivity contribution in [2.75, 3.05) is 25.6 Å². The average molecular weight is 274 g/mol. The predicted molar refractivity (Wildman–Crippen MR) is 72.8 cm³/mol. The highest BCUT2D eigenvalue weighted by molar-refractivity contribution is 7.98. The lowest BCUT2D eigenvalue weighted by atomic mass is 10.2. The van der Waals surface area contributed by atoms with Gasteiger partial charge in [0.2, 0.25) is 10.0 Å². The lowest BCUT2D eigenvalue weighted by Crippen LogP contribution is -2.27. The fraction of sp³-hybridized carbons (Fsp3) is 0.455. The van der Waals surface area contributed by atoms with Crippen LogP contribution >= 0.6 is 11.8 Å². The average Bonchev–Trinajstić information content (AvgIpc) is 2.30. The quantitative estimate of drug-likeness (QED) is 0.730. The molecule has 0 amide bonds. The summed E-state index contributed by atoms with van der Waals surface area (Å²) >= 11 is 1.61. The number of rotatable bonds is 7. The number of hydrogen-bond donors (Lipinski definition) is 2. The highest BCUT2D eigenvalue weighted by Gasteiger charge is 2.16. The second-order valence-corrected chi connectivity index (χ2v) is 6.25. The Bertz CT molecular complexity index is 447. The molecule has 0 unspecified atom stereocenters. The van der Waals surface area contributed by atoms with E-state index >= 15 is 0 Å². The summed E-state index contributed by atoms with van der Waals surface area (Å²) in [6.45, 7) is 0.997. The van der Waals surface area contributed by atoms with Gasteiger partial charge in [0, 0.05) is 18.8 Å². The maximum absolute atomic E-state index is 12.1. The summed E-state index contributed by atoms with van der Waals surface area (Å²) < 4.78 is 26.7. The van der Waals surface area contributed by atoms with Gasteiger partial charge in [-0.2, -0.15) is 11.8 Å². The highest BCUT2D eigenvalue weighted by Crippen LogP contribution is 2.14. The van der Waals surface area contributed by atoms with E-state index < -0.39 is 10.0 Å². The zero-order valence-corrected chi connectivity index (χ0v) is 11.7. The van der Waals surface area contributed by atoms with Crippen molar-refractivity contribution in [1.29, 1.82) is 0 Å². The smallest absolute Gasteiger partial charge is 0.240 e. The van der Waals surface area contributed by atoms with E-state index in [0.29, 0.717) is 18.0 Å². The second kappa shape index (κ2) is 7.00. The molecule has 0 aliphatic heterocycles. The molecule has 0 atom stereocenters. The summed E-state index contributed by atoms with van der Waals surface area (Å²) in [6, 6.07) is 7.03. The van der Waals surface area contributed by atoms with Crippen LogP contribution in [0, 0.1) is 0 Å². The van der Waals surface area contributed by atoms with Gasteiger partial charge in [-0.1, -0.05) is 18.2 Å². The third-order valence-electron chi connectivity index (χ3n) is 2.23. The van der Waals surface area contributed by atoms with E-state index in [1.807, 2.05) is 18.4 Å². The molecule has 1 rings (SSSR count). The molecular weight excluding hydrogens is 256 g/mol. The maximum atomic E-state index is 12.1. The molecule has 0 spiro atoms. The van der Waals surface area contributed by atoms with Gasteiger partial charge in [-0.3, -0.25) is 0 Å². The van der Waals surface area contributed by atoms with Crippen molar-refractivity contribution in [3.63, 3.8) is 0 Å². The van der Waals surface area contributed by atoms with Crippen molar-refractivity contribution in [2.24, 2.45) is 0 Å². The molecular formula is C11H18N2O2S2. The summed E-state index contributed by atoms with van der Waals surface area (Å²) in [4.78, 5) is 0.357. The number of thioether (sulfide) groups is 1. The molecule has 17 heavy (non-hydrogen) atoms. The van der Waals surface area contributed by atoms with Crippen molar-refractivity contribution >= 4 is 21.8 Å². The first kappa shape index (κ1) is 14.5. The monoisotopic (exact) mass is 274 g/mol. The molecule has 6 heteroatoms. The zero-order valence-electron chi connectivity index (χ0n) is 10.1. The molecule has 0 fully saturated rings. The van der Waals surface area contributed by atoms with E-state index in [0.717, 1.165) is 11.3 Å². The number of benzene rings is 1. The van der Waals surface area contributed by atoms with E-state index in [9.17, 15) is 8.42 Å². The molecule has 0 saturated heterocycles. The van der Waals surface area contributed by atoms with Crippen molar-refractivity contribution in [3.05, 3.63) is 29.8 Å². The van der Waals surface area contributed by atoms with Crippen LogP contribution < -0.4 is 10.0 Å². The Morgan fingerprint density at radius 1 is 1.29 bits per heavy atom. The molecule has 0 aliphatic carbocycles. The molecule has 96 valence electrons. The van der Waals surface area contributed by atoms with Crippen LogP contribution in [0.5, 0.6) is 0 Å². The van der Waals surface area contributed by atoms with Gasteiger partial charge < -0.3 is 5.32 Å². The summed E-state index contributed by atoms with van der Waals surface area (Å²) in [5, 5.41) is 2.97. The van der Waals surface area contributed by atoms with E-state index in [-0.39, 0.29) is 0 Å². The summed E-state index contributed by atoms with van der Waals surface area (Å²) in [6.07, 6.45) is 1.95. The Balaban J connectivity index is 2.89. The highest BCUT2D eigenvalue weighted by atomic mass is 32.2. The number of nitrogens with one attached hydrogen (secondary N) is 2. The minimum atomic E-state index is -3.39.